The first kappa shape index (κ1) is 16.2. The van der Waals surface area contributed by atoms with E-state index in [9.17, 15) is 10.1 Å². The SMILES string of the molecule is CNCCC1CCN(Cc2ccc([N+](=O)[O-])cc2Cl)CC1. The fraction of sp³-hybridized carbons (Fsp3) is 0.600. The molecule has 1 aromatic rings. The highest BCUT2D eigenvalue weighted by Crippen LogP contribution is 2.26. The highest BCUT2D eigenvalue weighted by atomic mass is 35.5. The number of likely N-dealkylation sites (tertiary alicyclic amines) is 1. The molecule has 0 saturated carbocycles. The molecule has 0 bridgehead atoms. The first-order valence-electron chi connectivity index (χ1n) is 7.40. The van der Waals surface area contributed by atoms with Crippen LogP contribution in [0, 0.1) is 16.0 Å². The van der Waals surface area contributed by atoms with Gasteiger partial charge in [0.05, 0.1) is 9.95 Å². The smallest absolute Gasteiger partial charge is 0.270 e. The molecule has 5 nitrogen and oxygen atoms in total. The van der Waals surface area contributed by atoms with Crippen LogP contribution in [0.3, 0.4) is 0 Å². The molecule has 1 fully saturated rings. The molecule has 0 radical (unpaired) electrons. The van der Waals surface area contributed by atoms with Gasteiger partial charge in [-0.2, -0.15) is 0 Å². The van der Waals surface area contributed by atoms with Crippen LogP contribution in [0.25, 0.3) is 0 Å². The Morgan fingerprint density at radius 3 is 2.71 bits per heavy atom. The molecular formula is C15H22ClN3O2. The van der Waals surface area contributed by atoms with Gasteiger partial charge in [0.1, 0.15) is 0 Å². The molecule has 0 unspecified atom stereocenters. The van der Waals surface area contributed by atoms with Crippen LogP contribution in [0.5, 0.6) is 0 Å². The lowest BCUT2D eigenvalue weighted by Crippen LogP contribution is -2.34. The maximum atomic E-state index is 10.7. The average Bonchev–Trinajstić information content (AvgIpc) is 2.48. The van der Waals surface area contributed by atoms with Gasteiger partial charge in [-0.25, -0.2) is 0 Å². The molecule has 0 amide bonds. The van der Waals surface area contributed by atoms with Crippen LogP contribution in [0.15, 0.2) is 18.2 Å². The van der Waals surface area contributed by atoms with E-state index in [2.05, 4.69) is 10.2 Å². The highest BCUT2D eigenvalue weighted by molar-refractivity contribution is 6.31. The minimum absolute atomic E-state index is 0.0505. The summed E-state index contributed by atoms with van der Waals surface area (Å²) in [6.07, 6.45) is 3.67. The molecule has 2 rings (SSSR count). The predicted octanol–water partition coefficient (Wildman–Crippen LogP) is 3.07. The highest BCUT2D eigenvalue weighted by Gasteiger charge is 2.20. The van der Waals surface area contributed by atoms with E-state index in [4.69, 9.17) is 11.6 Å². The minimum Gasteiger partial charge on any atom is -0.320 e. The lowest BCUT2D eigenvalue weighted by molar-refractivity contribution is -0.384. The second-order valence-electron chi connectivity index (χ2n) is 5.64. The van der Waals surface area contributed by atoms with Crippen molar-refractivity contribution in [3.8, 4) is 0 Å². The molecule has 6 heteroatoms. The van der Waals surface area contributed by atoms with Crippen LogP contribution in [0.1, 0.15) is 24.8 Å². The summed E-state index contributed by atoms with van der Waals surface area (Å²) in [6, 6.07) is 4.74. The number of nitrogens with one attached hydrogen (secondary N) is 1. The van der Waals surface area contributed by atoms with Gasteiger partial charge >= 0.3 is 0 Å². The van der Waals surface area contributed by atoms with Crippen molar-refractivity contribution in [3.63, 3.8) is 0 Å². The topological polar surface area (TPSA) is 58.4 Å². The van der Waals surface area contributed by atoms with Crippen molar-refractivity contribution in [1.82, 2.24) is 10.2 Å². The van der Waals surface area contributed by atoms with Crippen LogP contribution in [0.4, 0.5) is 5.69 Å². The largest absolute Gasteiger partial charge is 0.320 e. The Morgan fingerprint density at radius 2 is 2.14 bits per heavy atom. The molecule has 0 spiro atoms. The number of halogens is 1. The number of piperidine rings is 1. The Morgan fingerprint density at radius 1 is 1.43 bits per heavy atom. The Hall–Kier alpha value is -1.17. The number of nitrogens with zero attached hydrogens (tertiary/aromatic N) is 2. The third-order valence-electron chi connectivity index (χ3n) is 4.15. The molecule has 1 N–H and O–H groups in total. The van der Waals surface area contributed by atoms with Crippen LogP contribution in [-0.2, 0) is 6.54 Å². The van der Waals surface area contributed by atoms with E-state index in [0.29, 0.717) is 5.02 Å². The van der Waals surface area contributed by atoms with E-state index in [-0.39, 0.29) is 5.69 Å². The number of nitro groups is 1. The summed E-state index contributed by atoms with van der Waals surface area (Å²) in [7, 11) is 1.99. The molecule has 0 aromatic heterocycles. The number of hydrogen-bond acceptors (Lipinski definition) is 4. The number of rotatable bonds is 6. The van der Waals surface area contributed by atoms with Crippen molar-refractivity contribution in [2.24, 2.45) is 5.92 Å². The van der Waals surface area contributed by atoms with E-state index >= 15 is 0 Å². The van der Waals surface area contributed by atoms with Crippen molar-refractivity contribution in [2.45, 2.75) is 25.8 Å². The van der Waals surface area contributed by atoms with Crippen molar-refractivity contribution in [3.05, 3.63) is 38.9 Å². The van der Waals surface area contributed by atoms with Gasteiger partial charge in [-0.1, -0.05) is 11.6 Å². The number of benzene rings is 1. The Bertz CT molecular complexity index is 488. The summed E-state index contributed by atoms with van der Waals surface area (Å²) < 4.78 is 0. The lowest BCUT2D eigenvalue weighted by atomic mass is 9.93. The van der Waals surface area contributed by atoms with Gasteiger partial charge in [0, 0.05) is 18.7 Å². The van der Waals surface area contributed by atoms with E-state index in [0.717, 1.165) is 37.7 Å². The van der Waals surface area contributed by atoms with Crippen molar-refractivity contribution in [2.75, 3.05) is 26.7 Å². The molecule has 1 heterocycles. The second-order valence-corrected chi connectivity index (χ2v) is 6.05. The first-order chi connectivity index (χ1) is 10.1. The summed E-state index contributed by atoms with van der Waals surface area (Å²) in [5.74, 6) is 0.807. The zero-order valence-corrected chi connectivity index (χ0v) is 13.1. The summed E-state index contributed by atoms with van der Waals surface area (Å²) in [6.45, 7) is 4.00. The zero-order chi connectivity index (χ0) is 15.2. The van der Waals surface area contributed by atoms with Gasteiger partial charge in [0.15, 0.2) is 0 Å². The van der Waals surface area contributed by atoms with E-state index < -0.39 is 4.92 Å². The monoisotopic (exact) mass is 311 g/mol. The molecule has 0 atom stereocenters. The molecule has 21 heavy (non-hydrogen) atoms. The standard InChI is InChI=1S/C15H22ClN3O2/c1-17-7-4-12-5-8-18(9-6-12)11-13-2-3-14(19(20)21)10-15(13)16/h2-3,10,12,17H,4-9,11H2,1H3. The zero-order valence-electron chi connectivity index (χ0n) is 12.3. The molecule has 1 aromatic carbocycles. The van der Waals surface area contributed by atoms with Gasteiger partial charge in [-0.15, -0.1) is 0 Å². The van der Waals surface area contributed by atoms with E-state index in [1.807, 2.05) is 7.05 Å². The maximum absolute atomic E-state index is 10.7. The minimum atomic E-state index is -0.414. The Kier molecular flexibility index (Phi) is 5.96. The Labute approximate surface area is 130 Å². The summed E-state index contributed by atoms with van der Waals surface area (Å²) in [5.41, 5.74) is 1.02. The van der Waals surface area contributed by atoms with Crippen molar-refractivity contribution in [1.29, 1.82) is 0 Å². The molecule has 0 aliphatic carbocycles. The van der Waals surface area contributed by atoms with Crippen molar-refractivity contribution >= 4 is 17.3 Å². The van der Waals surface area contributed by atoms with Crippen LogP contribution >= 0.6 is 11.6 Å². The third-order valence-corrected chi connectivity index (χ3v) is 4.50. The number of hydrogen-bond donors (Lipinski definition) is 1. The van der Waals surface area contributed by atoms with Gasteiger partial charge in [0.25, 0.3) is 5.69 Å². The molecule has 1 aliphatic heterocycles. The maximum Gasteiger partial charge on any atom is 0.270 e. The van der Waals surface area contributed by atoms with Crippen molar-refractivity contribution < 1.29 is 4.92 Å². The number of non-ortho nitro benzene ring substituents is 1. The first-order valence-corrected chi connectivity index (χ1v) is 7.77. The summed E-state index contributed by atoms with van der Waals surface area (Å²) in [5, 5.41) is 14.4. The summed E-state index contributed by atoms with van der Waals surface area (Å²) in [4.78, 5) is 12.7. The van der Waals surface area contributed by atoms with Gasteiger partial charge in [-0.3, -0.25) is 15.0 Å². The average molecular weight is 312 g/mol. The third kappa shape index (κ3) is 4.66. The predicted molar refractivity (Wildman–Crippen MR) is 84.7 cm³/mol. The van der Waals surface area contributed by atoms with Crippen LogP contribution in [0.2, 0.25) is 5.02 Å². The summed E-state index contributed by atoms with van der Waals surface area (Å²) >= 11 is 6.15. The molecular weight excluding hydrogens is 290 g/mol. The van der Waals surface area contributed by atoms with E-state index in [1.54, 1.807) is 6.07 Å². The van der Waals surface area contributed by atoms with Crippen LogP contribution < -0.4 is 5.32 Å². The van der Waals surface area contributed by atoms with Gasteiger partial charge < -0.3 is 5.32 Å². The Balaban J connectivity index is 1.87. The number of nitro benzene ring substituents is 1. The van der Waals surface area contributed by atoms with Gasteiger partial charge in [0.2, 0.25) is 0 Å². The van der Waals surface area contributed by atoms with Gasteiger partial charge in [-0.05, 0) is 63.5 Å². The molecule has 1 aliphatic rings. The van der Waals surface area contributed by atoms with Crippen LogP contribution in [-0.4, -0.2) is 36.5 Å². The quantitative estimate of drug-likeness (QED) is 0.648. The van der Waals surface area contributed by atoms with E-state index in [1.165, 1.54) is 31.4 Å². The second kappa shape index (κ2) is 7.73. The fourth-order valence-electron chi connectivity index (χ4n) is 2.80. The molecule has 1 saturated heterocycles. The molecule has 116 valence electrons. The normalized spacial score (nSPS) is 17.0. The fourth-order valence-corrected chi connectivity index (χ4v) is 3.04. The lowest BCUT2D eigenvalue weighted by Gasteiger charge is -2.32.